The molecule has 0 spiro atoms. The van der Waals surface area contributed by atoms with Crippen LogP contribution < -0.4 is 59.1 Å². The molecule has 22 heteroatoms. The van der Waals surface area contributed by atoms with E-state index in [1.807, 2.05) is 0 Å². The van der Waals surface area contributed by atoms with Crippen LogP contribution >= 0.6 is 0 Å². The van der Waals surface area contributed by atoms with Crippen LogP contribution in [0.4, 0.5) is 0 Å². The van der Waals surface area contributed by atoms with Crippen LogP contribution in [0.5, 0.6) is 0 Å². The summed E-state index contributed by atoms with van der Waals surface area (Å²) in [5.41, 5.74) is 0. The maximum atomic E-state index is 11.8. The van der Waals surface area contributed by atoms with Gasteiger partial charge in [-0.15, -0.1) is 0 Å². The summed E-state index contributed by atoms with van der Waals surface area (Å²) in [4.78, 5) is 23.7. The fraction of sp³-hybridized carbons (Fsp3) is 0.947. The van der Waals surface area contributed by atoms with Gasteiger partial charge >= 0.3 is 71.1 Å². The number of hydrogen-bond donors (Lipinski definition) is 2. The molecule has 16 nitrogen and oxygen atoms in total. The average molecular weight is 961 g/mol. The first kappa shape index (κ1) is 67.2. The molecule has 2 unspecified atom stereocenters. The van der Waals surface area contributed by atoms with Crippen LogP contribution in [0.1, 0.15) is 194 Å². The van der Waals surface area contributed by atoms with Crippen molar-refractivity contribution in [2.24, 2.45) is 0 Å². The van der Waals surface area contributed by atoms with E-state index in [9.17, 15) is 52.4 Å². The first-order valence-corrected chi connectivity index (χ1v) is 27.4. The van der Waals surface area contributed by atoms with Crippen molar-refractivity contribution < 1.29 is 130 Å². The van der Waals surface area contributed by atoms with Gasteiger partial charge in [-0.25, -0.2) is 16.8 Å². The number of esters is 2. The molecule has 0 rings (SSSR count). The summed E-state index contributed by atoms with van der Waals surface area (Å²) >= 11 is 0. The number of carbonyl (C=O) groups is 2. The minimum atomic E-state index is -4.84. The van der Waals surface area contributed by atoms with Crippen molar-refractivity contribution in [1.29, 1.82) is 0 Å². The molecule has 60 heavy (non-hydrogen) atoms. The molecule has 348 valence electrons. The maximum Gasteiger partial charge on any atom is 1.00 e. The SMILES string of the molecule is CCCCCCCCCCCCCCC(C(=O)OCCCS(=O)(=O)O)S(=O)(=O)[O-].CCCCCCCCCCCCCCC(C(=O)OCCCS(=O)(=O)O)S(=O)(=O)[O-].[Na+].[Na+]. The number of unbranched alkanes of at least 4 members (excludes halogenated alkanes) is 22. The van der Waals surface area contributed by atoms with Gasteiger partial charge < -0.3 is 18.6 Å². The van der Waals surface area contributed by atoms with Gasteiger partial charge in [-0.2, -0.15) is 16.8 Å². The number of hydrogen-bond acceptors (Lipinski definition) is 14. The van der Waals surface area contributed by atoms with E-state index in [0.29, 0.717) is 12.8 Å². The van der Waals surface area contributed by atoms with Gasteiger partial charge in [-0.05, 0) is 25.7 Å². The van der Waals surface area contributed by atoms with Gasteiger partial charge in [0.1, 0.15) is 30.7 Å². The second-order valence-corrected chi connectivity index (χ2v) is 21.2. The maximum absolute atomic E-state index is 11.8. The molecule has 0 aromatic carbocycles. The van der Waals surface area contributed by atoms with E-state index in [0.717, 1.165) is 51.4 Å². The molecule has 0 heterocycles. The predicted octanol–water partition coefficient (Wildman–Crippen LogP) is 1.63. The fourth-order valence-corrected chi connectivity index (χ4v) is 8.60. The zero-order valence-corrected chi connectivity index (χ0v) is 44.3. The van der Waals surface area contributed by atoms with E-state index in [2.05, 4.69) is 23.3 Å². The van der Waals surface area contributed by atoms with E-state index >= 15 is 0 Å². The molecule has 0 radical (unpaired) electrons. The minimum Gasteiger partial charge on any atom is -0.747 e. The van der Waals surface area contributed by atoms with Crippen molar-refractivity contribution >= 4 is 52.4 Å². The molecule has 0 aromatic rings. The van der Waals surface area contributed by atoms with Crippen LogP contribution in [0.2, 0.25) is 0 Å². The summed E-state index contributed by atoms with van der Waals surface area (Å²) in [5.74, 6) is -3.52. The van der Waals surface area contributed by atoms with Crippen LogP contribution in [0.25, 0.3) is 0 Å². The summed E-state index contributed by atoms with van der Waals surface area (Å²) in [6.45, 7) is 3.66. The first-order chi connectivity index (χ1) is 27.2. The molecular weight excluding hydrogens is 887 g/mol. The third-order valence-corrected chi connectivity index (χ3v) is 13.3. The standard InChI is InChI=1S/2C19H38O8S2.2Na/c2*1-2-3-4-5-6-7-8-9-10-11-12-13-15-18(29(24,25)26)19(20)27-16-14-17-28(21,22)23;;/h2*18H,2-17H2,1H3,(H,21,22,23)(H,24,25,26);;/q;;2*+1/p-2. The Bertz CT molecular complexity index is 1380. The number of ether oxygens (including phenoxy) is 2. The molecule has 0 saturated carbocycles. The van der Waals surface area contributed by atoms with Crippen molar-refractivity contribution in [3.8, 4) is 0 Å². The second-order valence-electron chi connectivity index (χ2n) is 14.9. The van der Waals surface area contributed by atoms with Crippen molar-refractivity contribution in [2.75, 3.05) is 24.7 Å². The Balaban J connectivity index is -0.000000506. The fourth-order valence-electron chi connectivity index (χ4n) is 6.12. The molecule has 0 fully saturated rings. The molecule has 0 aliphatic rings. The number of rotatable bonds is 38. The number of carbonyl (C=O) groups excluding carboxylic acids is 2. The molecule has 0 aliphatic heterocycles. The molecule has 2 atom stereocenters. The zero-order chi connectivity index (χ0) is 44.4. The summed E-state index contributed by atoms with van der Waals surface area (Å²) < 4.78 is 137. The van der Waals surface area contributed by atoms with E-state index < -0.39 is 74.4 Å². The van der Waals surface area contributed by atoms with E-state index in [1.165, 1.54) is 89.9 Å². The Morgan fingerprint density at radius 2 is 0.633 bits per heavy atom. The zero-order valence-electron chi connectivity index (χ0n) is 37.0. The van der Waals surface area contributed by atoms with Crippen LogP contribution in [0.3, 0.4) is 0 Å². The largest absolute Gasteiger partial charge is 1.00 e. The summed E-state index contributed by atoms with van der Waals surface area (Å²) in [6.07, 6.45) is 25.7. The quantitative estimate of drug-likeness (QED) is 0.0385. The van der Waals surface area contributed by atoms with Crippen LogP contribution in [-0.4, -0.2) is 99.0 Å². The Morgan fingerprint density at radius 3 is 0.833 bits per heavy atom. The minimum absolute atomic E-state index is 0. The molecule has 0 saturated heterocycles. The molecule has 0 amide bonds. The Morgan fingerprint density at radius 1 is 0.417 bits per heavy atom. The topological polar surface area (TPSA) is 276 Å². The van der Waals surface area contributed by atoms with Gasteiger partial charge in [-0.3, -0.25) is 18.7 Å². The predicted molar refractivity (Wildman–Crippen MR) is 222 cm³/mol. The van der Waals surface area contributed by atoms with Crippen molar-refractivity contribution in [3.05, 3.63) is 0 Å². The van der Waals surface area contributed by atoms with Crippen LogP contribution in [0, 0.1) is 0 Å². The smallest absolute Gasteiger partial charge is 0.747 e. The van der Waals surface area contributed by atoms with Gasteiger partial charge in [0.2, 0.25) is 0 Å². The summed E-state index contributed by atoms with van der Waals surface area (Å²) in [6, 6.07) is 0. The normalized spacial score (nSPS) is 12.9. The van der Waals surface area contributed by atoms with Gasteiger partial charge in [0, 0.05) is 0 Å². The van der Waals surface area contributed by atoms with Gasteiger partial charge in [0.05, 0.1) is 24.7 Å². The van der Waals surface area contributed by atoms with E-state index in [1.54, 1.807) is 0 Å². The summed E-state index contributed by atoms with van der Waals surface area (Å²) in [7, 11) is -18.0. The van der Waals surface area contributed by atoms with Crippen LogP contribution in [0.15, 0.2) is 0 Å². The third kappa shape index (κ3) is 46.6. The molecule has 0 bridgehead atoms. The average Bonchev–Trinajstić information content (AvgIpc) is 3.11. The molecular formula is C38H74Na2O16S4. The van der Waals surface area contributed by atoms with Crippen molar-refractivity contribution in [1.82, 2.24) is 0 Å². The van der Waals surface area contributed by atoms with Gasteiger partial charge in [0.25, 0.3) is 20.2 Å². The third-order valence-electron chi connectivity index (χ3n) is 9.44. The summed E-state index contributed by atoms with van der Waals surface area (Å²) in [5, 5.41) is -3.53. The molecule has 0 aliphatic carbocycles. The Kier molecular flexibility index (Phi) is 46.0. The molecule has 2 N–H and O–H groups in total. The van der Waals surface area contributed by atoms with Gasteiger partial charge in [-0.1, -0.05) is 168 Å². The van der Waals surface area contributed by atoms with E-state index in [-0.39, 0.29) is 98.0 Å². The Labute approximate surface area is 407 Å². The van der Waals surface area contributed by atoms with Crippen molar-refractivity contribution in [3.63, 3.8) is 0 Å². The first-order valence-electron chi connectivity index (χ1n) is 21.3. The molecule has 0 aromatic heterocycles. The monoisotopic (exact) mass is 960 g/mol. The van der Waals surface area contributed by atoms with E-state index in [4.69, 9.17) is 9.11 Å². The van der Waals surface area contributed by atoms with Crippen LogP contribution in [-0.2, 0) is 59.5 Å². The Hall–Kier alpha value is 0.580. The van der Waals surface area contributed by atoms with Crippen molar-refractivity contribution in [2.45, 2.75) is 204 Å². The second kappa shape index (κ2) is 41.0. The van der Waals surface area contributed by atoms with Gasteiger partial charge in [0.15, 0.2) is 0 Å².